The van der Waals surface area contributed by atoms with Gasteiger partial charge in [-0.25, -0.2) is 4.39 Å². The van der Waals surface area contributed by atoms with Crippen LogP contribution in [0.15, 0.2) is 35.2 Å². The molecule has 1 aromatic carbocycles. The zero-order chi connectivity index (χ0) is 14.5. The quantitative estimate of drug-likeness (QED) is 0.833. The van der Waals surface area contributed by atoms with Gasteiger partial charge in [0.05, 0.1) is 11.8 Å². The lowest BCUT2D eigenvalue weighted by Crippen LogP contribution is -2.15. The lowest BCUT2D eigenvalue weighted by Gasteiger charge is -2.10. The topological polar surface area (TPSA) is 38.0 Å². The Kier molecular flexibility index (Phi) is 5.20. The zero-order valence-corrected chi connectivity index (χ0v) is 12.5. The summed E-state index contributed by atoms with van der Waals surface area (Å²) < 4.78 is 14.6. The van der Waals surface area contributed by atoms with Crippen molar-refractivity contribution in [2.75, 3.05) is 5.75 Å². The number of nitrogens with zero attached hydrogens (tertiary/aromatic N) is 2. The Balaban J connectivity index is 1.87. The molecular weight excluding hydrogens is 275 g/mol. The third-order valence-corrected chi connectivity index (χ3v) is 4.25. The lowest BCUT2D eigenvalue weighted by molar-refractivity contribution is 0.197. The molecule has 0 bridgehead atoms. The normalized spacial score (nSPS) is 12.6. The smallest absolute Gasteiger partial charge is 0.123 e. The number of aliphatic hydroxyl groups excluding tert-OH is 1. The number of hydrogen-bond acceptors (Lipinski definition) is 3. The first-order valence-electron chi connectivity index (χ1n) is 6.66. The van der Waals surface area contributed by atoms with Gasteiger partial charge < -0.3 is 5.11 Å². The largest absolute Gasteiger partial charge is 0.392 e. The molecule has 1 atom stereocenters. The zero-order valence-electron chi connectivity index (χ0n) is 11.7. The fourth-order valence-corrected chi connectivity index (χ4v) is 2.79. The minimum Gasteiger partial charge on any atom is -0.392 e. The minimum absolute atomic E-state index is 0.239. The number of rotatable bonds is 6. The number of thioether (sulfide) groups is 1. The highest BCUT2D eigenvalue weighted by molar-refractivity contribution is 7.99. The summed E-state index contributed by atoms with van der Waals surface area (Å²) in [6, 6.07) is 8.36. The van der Waals surface area contributed by atoms with Gasteiger partial charge in [-0.2, -0.15) is 5.10 Å². The second-order valence-electron chi connectivity index (χ2n) is 4.73. The van der Waals surface area contributed by atoms with Gasteiger partial charge in [0.2, 0.25) is 0 Å². The predicted molar refractivity (Wildman–Crippen MR) is 79.4 cm³/mol. The first-order valence-corrected chi connectivity index (χ1v) is 7.65. The van der Waals surface area contributed by atoms with Gasteiger partial charge in [-0.15, -0.1) is 11.8 Å². The van der Waals surface area contributed by atoms with Gasteiger partial charge in [0, 0.05) is 29.8 Å². The fraction of sp³-hybridized carbons (Fsp3) is 0.400. The van der Waals surface area contributed by atoms with E-state index >= 15 is 0 Å². The number of aliphatic hydroxyl groups is 1. The fourth-order valence-electron chi connectivity index (χ4n) is 1.96. The van der Waals surface area contributed by atoms with Crippen LogP contribution in [-0.2, 0) is 19.9 Å². The van der Waals surface area contributed by atoms with Gasteiger partial charge in [-0.05, 0) is 36.8 Å². The van der Waals surface area contributed by atoms with Crippen molar-refractivity contribution in [1.82, 2.24) is 9.78 Å². The van der Waals surface area contributed by atoms with E-state index in [1.165, 1.54) is 23.9 Å². The molecule has 0 aliphatic carbocycles. The second kappa shape index (κ2) is 6.90. The van der Waals surface area contributed by atoms with Crippen molar-refractivity contribution >= 4 is 11.8 Å². The molecule has 0 fully saturated rings. The van der Waals surface area contributed by atoms with Gasteiger partial charge in [-0.1, -0.05) is 6.92 Å². The van der Waals surface area contributed by atoms with Crippen LogP contribution in [0.4, 0.5) is 4.39 Å². The van der Waals surface area contributed by atoms with E-state index in [0.29, 0.717) is 12.2 Å². The molecule has 0 radical (unpaired) electrons. The number of benzene rings is 1. The Morgan fingerprint density at radius 1 is 1.35 bits per heavy atom. The summed E-state index contributed by atoms with van der Waals surface area (Å²) in [4.78, 5) is 0.963. The number of aromatic nitrogens is 2. The molecule has 3 nitrogen and oxygen atoms in total. The van der Waals surface area contributed by atoms with Gasteiger partial charge in [0.15, 0.2) is 0 Å². The second-order valence-corrected chi connectivity index (χ2v) is 5.82. The summed E-state index contributed by atoms with van der Waals surface area (Å²) in [6.07, 6.45) is 1.04. The molecule has 5 heteroatoms. The lowest BCUT2D eigenvalue weighted by atomic mass is 10.2. The number of aryl methyl sites for hydroxylation is 2. The average Bonchev–Trinajstić information content (AvgIpc) is 2.79. The van der Waals surface area contributed by atoms with E-state index in [1.807, 2.05) is 17.8 Å². The van der Waals surface area contributed by atoms with Gasteiger partial charge >= 0.3 is 0 Å². The van der Waals surface area contributed by atoms with E-state index in [1.54, 1.807) is 12.1 Å². The highest BCUT2D eigenvalue weighted by Crippen LogP contribution is 2.20. The molecule has 0 amide bonds. The Morgan fingerprint density at radius 2 is 2.05 bits per heavy atom. The molecule has 2 aromatic rings. The maximum atomic E-state index is 12.8. The van der Waals surface area contributed by atoms with Crippen molar-refractivity contribution in [3.8, 4) is 0 Å². The Hall–Kier alpha value is -1.33. The van der Waals surface area contributed by atoms with Crippen LogP contribution in [0.2, 0.25) is 0 Å². The van der Waals surface area contributed by atoms with E-state index in [9.17, 15) is 9.50 Å². The van der Waals surface area contributed by atoms with Crippen molar-refractivity contribution in [2.24, 2.45) is 7.05 Å². The van der Waals surface area contributed by atoms with Crippen LogP contribution < -0.4 is 0 Å². The first-order chi connectivity index (χ1) is 9.58. The highest BCUT2D eigenvalue weighted by atomic mass is 32.2. The Labute approximate surface area is 122 Å². The third kappa shape index (κ3) is 4.08. The Bertz CT molecular complexity index is 554. The molecule has 0 saturated heterocycles. The van der Waals surface area contributed by atoms with Crippen LogP contribution in [0.25, 0.3) is 0 Å². The number of halogens is 1. The highest BCUT2D eigenvalue weighted by Gasteiger charge is 2.11. The van der Waals surface area contributed by atoms with Gasteiger partial charge in [-0.3, -0.25) is 4.68 Å². The molecule has 1 N–H and O–H groups in total. The Morgan fingerprint density at radius 3 is 2.65 bits per heavy atom. The van der Waals surface area contributed by atoms with Crippen molar-refractivity contribution in [3.63, 3.8) is 0 Å². The summed E-state index contributed by atoms with van der Waals surface area (Å²) in [5.41, 5.74) is 2.08. The standard InChI is InChI=1S/C15H19FN2OS/c1-3-12-8-13(18(2)17-12)9-14(19)10-20-15-6-4-11(16)5-7-15/h4-8,14,19H,3,9-10H2,1-2H3. The van der Waals surface area contributed by atoms with Crippen molar-refractivity contribution in [3.05, 3.63) is 47.5 Å². The molecule has 1 heterocycles. The van der Waals surface area contributed by atoms with Crippen LogP contribution in [0.5, 0.6) is 0 Å². The molecule has 108 valence electrons. The molecule has 0 saturated carbocycles. The summed E-state index contributed by atoms with van der Waals surface area (Å²) in [6.45, 7) is 2.06. The first kappa shape index (κ1) is 15.1. The third-order valence-electron chi connectivity index (χ3n) is 3.09. The molecule has 0 aliphatic rings. The van der Waals surface area contributed by atoms with Crippen LogP contribution in [0.3, 0.4) is 0 Å². The maximum Gasteiger partial charge on any atom is 0.123 e. The summed E-state index contributed by atoms with van der Waals surface area (Å²) in [7, 11) is 1.90. The average molecular weight is 294 g/mol. The molecule has 0 spiro atoms. The summed E-state index contributed by atoms with van der Waals surface area (Å²) >= 11 is 1.53. The van der Waals surface area contributed by atoms with E-state index in [4.69, 9.17) is 0 Å². The minimum atomic E-state index is -0.440. The van der Waals surface area contributed by atoms with E-state index in [0.717, 1.165) is 22.7 Å². The monoisotopic (exact) mass is 294 g/mol. The van der Waals surface area contributed by atoms with Crippen LogP contribution >= 0.6 is 11.8 Å². The van der Waals surface area contributed by atoms with Crippen LogP contribution in [-0.4, -0.2) is 26.7 Å². The van der Waals surface area contributed by atoms with Crippen molar-refractivity contribution in [1.29, 1.82) is 0 Å². The van der Waals surface area contributed by atoms with E-state index in [2.05, 4.69) is 12.0 Å². The van der Waals surface area contributed by atoms with Gasteiger partial charge in [0.25, 0.3) is 0 Å². The summed E-state index contributed by atoms with van der Waals surface area (Å²) in [5, 5.41) is 14.5. The van der Waals surface area contributed by atoms with Crippen molar-refractivity contribution < 1.29 is 9.50 Å². The predicted octanol–water partition coefficient (Wildman–Crippen LogP) is 2.82. The van der Waals surface area contributed by atoms with Gasteiger partial charge in [0.1, 0.15) is 5.82 Å². The van der Waals surface area contributed by atoms with Crippen molar-refractivity contribution in [2.45, 2.75) is 30.8 Å². The molecular formula is C15H19FN2OS. The van der Waals surface area contributed by atoms with E-state index < -0.39 is 6.10 Å². The maximum absolute atomic E-state index is 12.8. The SMILES string of the molecule is CCc1cc(CC(O)CSc2ccc(F)cc2)n(C)n1. The van der Waals surface area contributed by atoms with E-state index in [-0.39, 0.29) is 5.82 Å². The molecule has 20 heavy (non-hydrogen) atoms. The molecule has 2 rings (SSSR count). The molecule has 1 unspecified atom stereocenters. The van der Waals surface area contributed by atoms with Crippen LogP contribution in [0.1, 0.15) is 18.3 Å². The summed E-state index contributed by atoms with van der Waals surface area (Å²) in [5.74, 6) is 0.343. The molecule has 0 aliphatic heterocycles. The van der Waals surface area contributed by atoms with Crippen LogP contribution in [0, 0.1) is 5.82 Å². The molecule has 1 aromatic heterocycles. The number of hydrogen-bond donors (Lipinski definition) is 1.